The zero-order chi connectivity index (χ0) is 14.8. The van der Waals surface area contributed by atoms with Crippen molar-refractivity contribution in [2.45, 2.75) is 13.5 Å². The van der Waals surface area contributed by atoms with Crippen molar-refractivity contribution in [1.82, 2.24) is 20.2 Å². The van der Waals surface area contributed by atoms with Crippen LogP contribution < -0.4 is 5.73 Å². The molecule has 0 aliphatic carbocycles. The molecule has 0 saturated heterocycles. The molecule has 0 spiro atoms. The number of hydrogen-bond acceptors (Lipinski definition) is 4. The second-order valence-electron chi connectivity index (χ2n) is 4.88. The van der Waals surface area contributed by atoms with Crippen LogP contribution in [-0.2, 0) is 6.54 Å². The molecule has 0 bridgehead atoms. The molecule has 6 heteroatoms. The van der Waals surface area contributed by atoms with E-state index >= 15 is 0 Å². The molecular formula is C15H14ClN5. The van der Waals surface area contributed by atoms with Gasteiger partial charge in [-0.2, -0.15) is 0 Å². The minimum absolute atomic E-state index is 0.562. The summed E-state index contributed by atoms with van der Waals surface area (Å²) in [5, 5.41) is 12.6. The third-order valence-corrected chi connectivity index (χ3v) is 3.48. The van der Waals surface area contributed by atoms with Crippen LogP contribution in [0.25, 0.3) is 11.4 Å². The lowest BCUT2D eigenvalue weighted by Gasteiger charge is -2.08. The molecule has 5 nitrogen and oxygen atoms in total. The highest BCUT2D eigenvalue weighted by Crippen LogP contribution is 2.25. The normalized spacial score (nSPS) is 10.8. The predicted octanol–water partition coefficient (Wildman–Crippen LogP) is 2.93. The average Bonchev–Trinajstić information content (AvgIpc) is 2.92. The third-order valence-electron chi connectivity index (χ3n) is 3.23. The average molecular weight is 300 g/mol. The van der Waals surface area contributed by atoms with Crippen molar-refractivity contribution in [1.29, 1.82) is 0 Å². The van der Waals surface area contributed by atoms with Crippen molar-refractivity contribution in [3.05, 3.63) is 58.6 Å². The molecule has 0 unspecified atom stereocenters. The summed E-state index contributed by atoms with van der Waals surface area (Å²) < 4.78 is 1.73. The Balaban J connectivity index is 1.97. The number of tetrazole rings is 1. The van der Waals surface area contributed by atoms with E-state index in [0.717, 1.165) is 16.7 Å². The van der Waals surface area contributed by atoms with Crippen LogP contribution in [0.1, 0.15) is 11.1 Å². The van der Waals surface area contributed by atoms with Gasteiger partial charge < -0.3 is 5.73 Å². The van der Waals surface area contributed by atoms with Crippen LogP contribution in [0.5, 0.6) is 0 Å². The number of rotatable bonds is 3. The maximum absolute atomic E-state index is 6.04. The first-order valence-corrected chi connectivity index (χ1v) is 6.88. The first-order chi connectivity index (χ1) is 10.1. The van der Waals surface area contributed by atoms with Crippen LogP contribution in [0.15, 0.2) is 42.5 Å². The summed E-state index contributed by atoms with van der Waals surface area (Å²) in [6.45, 7) is 2.57. The van der Waals surface area contributed by atoms with Crippen molar-refractivity contribution < 1.29 is 0 Å². The number of nitrogen functional groups attached to an aromatic ring is 1. The van der Waals surface area contributed by atoms with Crippen LogP contribution in [0.2, 0.25) is 5.02 Å². The summed E-state index contributed by atoms with van der Waals surface area (Å²) in [4.78, 5) is 0. The molecule has 0 saturated carbocycles. The summed E-state index contributed by atoms with van der Waals surface area (Å²) in [5.41, 5.74) is 9.72. The number of hydrogen-bond donors (Lipinski definition) is 1. The van der Waals surface area contributed by atoms with Gasteiger partial charge in [0, 0.05) is 16.3 Å². The Kier molecular flexibility index (Phi) is 3.58. The molecule has 1 aromatic heterocycles. The van der Waals surface area contributed by atoms with Gasteiger partial charge >= 0.3 is 0 Å². The minimum Gasteiger partial charge on any atom is -0.398 e. The van der Waals surface area contributed by atoms with E-state index in [1.165, 1.54) is 0 Å². The molecule has 0 aliphatic rings. The summed E-state index contributed by atoms with van der Waals surface area (Å²) in [6, 6.07) is 13.4. The van der Waals surface area contributed by atoms with Crippen molar-refractivity contribution in [3.8, 4) is 11.4 Å². The molecule has 0 fully saturated rings. The fourth-order valence-corrected chi connectivity index (χ4v) is 2.26. The fourth-order valence-electron chi connectivity index (χ4n) is 2.13. The van der Waals surface area contributed by atoms with Gasteiger partial charge in [0.15, 0.2) is 5.82 Å². The molecule has 21 heavy (non-hydrogen) atoms. The Bertz CT molecular complexity index is 764. The van der Waals surface area contributed by atoms with Gasteiger partial charge in [-0.1, -0.05) is 35.4 Å². The second kappa shape index (κ2) is 5.54. The highest BCUT2D eigenvalue weighted by molar-refractivity contribution is 6.30. The first kappa shape index (κ1) is 13.6. The molecule has 1 heterocycles. The number of anilines is 1. The van der Waals surface area contributed by atoms with Gasteiger partial charge in [-0.3, -0.25) is 0 Å². The molecular weight excluding hydrogens is 286 g/mol. The lowest BCUT2D eigenvalue weighted by Crippen LogP contribution is -2.05. The van der Waals surface area contributed by atoms with Crippen molar-refractivity contribution >= 4 is 17.3 Å². The molecule has 0 radical (unpaired) electrons. The maximum Gasteiger partial charge on any atom is 0.184 e. The number of benzene rings is 2. The summed E-state index contributed by atoms with van der Waals surface area (Å²) in [7, 11) is 0. The number of aryl methyl sites for hydroxylation is 1. The van der Waals surface area contributed by atoms with Crippen molar-refractivity contribution in [2.24, 2.45) is 0 Å². The Morgan fingerprint density at radius 2 is 1.90 bits per heavy atom. The summed E-state index contributed by atoms with van der Waals surface area (Å²) >= 11 is 5.90. The van der Waals surface area contributed by atoms with E-state index in [4.69, 9.17) is 17.3 Å². The molecule has 0 atom stereocenters. The van der Waals surface area contributed by atoms with Crippen molar-refractivity contribution in [3.63, 3.8) is 0 Å². The minimum atomic E-state index is 0.562. The van der Waals surface area contributed by atoms with Crippen LogP contribution in [0.4, 0.5) is 5.69 Å². The monoisotopic (exact) mass is 299 g/mol. The molecule has 106 valence electrons. The Labute approximate surface area is 127 Å². The fraction of sp³-hybridized carbons (Fsp3) is 0.133. The van der Waals surface area contributed by atoms with Gasteiger partial charge in [-0.05, 0) is 47.2 Å². The van der Waals surface area contributed by atoms with E-state index in [-0.39, 0.29) is 0 Å². The molecule has 3 rings (SSSR count). The number of halogens is 1. The predicted molar refractivity (Wildman–Crippen MR) is 83.0 cm³/mol. The molecule has 3 aromatic rings. The zero-order valence-electron chi connectivity index (χ0n) is 11.5. The maximum atomic E-state index is 6.04. The van der Waals surface area contributed by atoms with E-state index in [1.54, 1.807) is 4.68 Å². The topological polar surface area (TPSA) is 69.6 Å². The quantitative estimate of drug-likeness (QED) is 0.755. The Hall–Kier alpha value is -2.40. The van der Waals surface area contributed by atoms with Crippen LogP contribution in [-0.4, -0.2) is 20.2 Å². The van der Waals surface area contributed by atoms with Gasteiger partial charge in [0.1, 0.15) is 0 Å². The zero-order valence-corrected chi connectivity index (χ0v) is 12.2. The Morgan fingerprint density at radius 3 is 2.67 bits per heavy atom. The van der Waals surface area contributed by atoms with E-state index in [1.807, 2.05) is 49.4 Å². The molecule has 2 aromatic carbocycles. The van der Waals surface area contributed by atoms with Gasteiger partial charge in [0.25, 0.3) is 0 Å². The Morgan fingerprint density at radius 1 is 1.14 bits per heavy atom. The smallest absolute Gasteiger partial charge is 0.184 e. The van der Waals surface area contributed by atoms with E-state index in [0.29, 0.717) is 23.1 Å². The summed E-state index contributed by atoms with van der Waals surface area (Å²) in [5.74, 6) is 0.658. The highest BCUT2D eigenvalue weighted by Gasteiger charge is 2.12. The van der Waals surface area contributed by atoms with Gasteiger partial charge in [-0.25, -0.2) is 4.68 Å². The number of nitrogens with zero attached hydrogens (tertiary/aromatic N) is 4. The van der Waals surface area contributed by atoms with E-state index in [9.17, 15) is 0 Å². The van der Waals surface area contributed by atoms with Crippen molar-refractivity contribution in [2.75, 3.05) is 5.73 Å². The van der Waals surface area contributed by atoms with Gasteiger partial charge in [-0.15, -0.1) is 5.10 Å². The SMILES string of the molecule is Cc1ccc(N)c(-c2nnnn2Cc2ccc(Cl)cc2)c1. The largest absolute Gasteiger partial charge is 0.398 e. The van der Waals surface area contributed by atoms with Crippen LogP contribution in [0.3, 0.4) is 0 Å². The third kappa shape index (κ3) is 2.87. The first-order valence-electron chi connectivity index (χ1n) is 6.50. The second-order valence-corrected chi connectivity index (χ2v) is 5.31. The van der Waals surface area contributed by atoms with Gasteiger partial charge in [0.2, 0.25) is 0 Å². The number of nitrogens with two attached hydrogens (primary N) is 1. The molecule has 0 aliphatic heterocycles. The highest BCUT2D eigenvalue weighted by atomic mass is 35.5. The molecule has 0 amide bonds. The number of aromatic nitrogens is 4. The lowest BCUT2D eigenvalue weighted by atomic mass is 10.1. The van der Waals surface area contributed by atoms with E-state index < -0.39 is 0 Å². The standard InChI is InChI=1S/C15H14ClN5/c1-10-2-7-14(17)13(8-10)15-18-19-20-21(15)9-11-3-5-12(16)6-4-11/h2-8H,9,17H2,1H3. The molecule has 2 N–H and O–H groups in total. The summed E-state index contributed by atoms with van der Waals surface area (Å²) in [6.07, 6.45) is 0. The van der Waals surface area contributed by atoms with E-state index in [2.05, 4.69) is 15.5 Å². The van der Waals surface area contributed by atoms with Crippen LogP contribution >= 0.6 is 11.6 Å². The van der Waals surface area contributed by atoms with Crippen LogP contribution in [0, 0.1) is 6.92 Å². The van der Waals surface area contributed by atoms with Gasteiger partial charge in [0.05, 0.1) is 6.54 Å². The lowest BCUT2D eigenvalue weighted by molar-refractivity contribution is 0.653.